The summed E-state index contributed by atoms with van der Waals surface area (Å²) in [6, 6.07) is 3.64. The van der Waals surface area contributed by atoms with Crippen molar-refractivity contribution >= 4 is 18.0 Å². The van der Waals surface area contributed by atoms with Crippen LogP contribution in [0.1, 0.15) is 5.56 Å². The molecule has 0 heterocycles. The molecule has 0 spiro atoms. The number of hydrogen-bond acceptors (Lipinski definition) is 4. The Morgan fingerprint density at radius 3 is 2.72 bits per heavy atom. The maximum absolute atomic E-state index is 13.2. The molecular weight excluding hydrogens is 243 g/mol. The number of carboxylic acid groups (broad SMARTS) is 1. The van der Waals surface area contributed by atoms with E-state index in [0.717, 1.165) is 18.2 Å². The molecule has 0 atom stereocenters. The number of rotatable bonds is 5. The van der Waals surface area contributed by atoms with Gasteiger partial charge in [-0.15, -0.1) is 0 Å². The molecule has 0 radical (unpaired) electrons. The number of hydrogen-bond donors (Lipinski definition) is 1. The van der Waals surface area contributed by atoms with Crippen LogP contribution >= 0.6 is 0 Å². The zero-order valence-corrected chi connectivity index (χ0v) is 9.55. The number of benzene rings is 1. The molecule has 0 saturated carbocycles. The minimum Gasteiger partial charge on any atom is -0.482 e. The third kappa shape index (κ3) is 4.65. The average Bonchev–Trinajstić information content (AvgIpc) is 2.33. The molecule has 0 fully saturated rings. The van der Waals surface area contributed by atoms with Crippen molar-refractivity contribution in [3.63, 3.8) is 0 Å². The lowest BCUT2D eigenvalue weighted by molar-refractivity contribution is -0.143. The summed E-state index contributed by atoms with van der Waals surface area (Å²) in [5.41, 5.74) is 0.317. The van der Waals surface area contributed by atoms with Crippen LogP contribution in [0.2, 0.25) is 0 Å². The molecule has 1 aromatic carbocycles. The summed E-state index contributed by atoms with van der Waals surface area (Å²) in [5.74, 6) is -2.22. The average molecular weight is 254 g/mol. The van der Waals surface area contributed by atoms with Gasteiger partial charge in [0, 0.05) is 12.1 Å². The normalized spacial score (nSPS) is 10.3. The zero-order chi connectivity index (χ0) is 13.5. The second kappa shape index (κ2) is 6.39. The fourth-order valence-corrected chi connectivity index (χ4v) is 1.13. The van der Waals surface area contributed by atoms with Crippen molar-refractivity contribution in [2.24, 2.45) is 0 Å². The van der Waals surface area contributed by atoms with E-state index in [9.17, 15) is 14.0 Å². The molecule has 0 aliphatic heterocycles. The zero-order valence-electron chi connectivity index (χ0n) is 9.55. The van der Waals surface area contributed by atoms with E-state index in [-0.39, 0.29) is 12.4 Å². The van der Waals surface area contributed by atoms with Crippen LogP contribution in [0.4, 0.5) is 4.39 Å². The molecule has 18 heavy (non-hydrogen) atoms. The van der Waals surface area contributed by atoms with Gasteiger partial charge in [0.1, 0.15) is 11.6 Å². The number of carbonyl (C=O) groups is 2. The fraction of sp³-hybridized carbons (Fsp3) is 0.167. The molecule has 96 valence electrons. The summed E-state index contributed by atoms with van der Waals surface area (Å²) in [6.45, 7) is -0.345. The molecule has 0 bridgehead atoms. The second-order valence-electron chi connectivity index (χ2n) is 3.26. The van der Waals surface area contributed by atoms with E-state index in [1.165, 1.54) is 19.3 Å². The number of carbonyl (C=O) groups excluding carboxylic acids is 1. The van der Waals surface area contributed by atoms with Gasteiger partial charge in [0.2, 0.25) is 0 Å². The van der Waals surface area contributed by atoms with Crippen LogP contribution in [0, 0.1) is 5.82 Å². The Balaban J connectivity index is 2.80. The number of ether oxygens (including phenoxy) is 2. The van der Waals surface area contributed by atoms with Crippen LogP contribution in [0.3, 0.4) is 0 Å². The van der Waals surface area contributed by atoms with Gasteiger partial charge in [-0.3, -0.25) is 0 Å². The molecule has 0 aliphatic carbocycles. The second-order valence-corrected chi connectivity index (χ2v) is 3.26. The quantitative estimate of drug-likeness (QED) is 0.636. The minimum atomic E-state index is -1.14. The summed E-state index contributed by atoms with van der Waals surface area (Å²) in [4.78, 5) is 21.2. The fourth-order valence-electron chi connectivity index (χ4n) is 1.13. The number of methoxy groups -OCH3 is 1. The highest BCUT2D eigenvalue weighted by molar-refractivity contribution is 5.85. The van der Waals surface area contributed by atoms with Crippen molar-refractivity contribution in [2.45, 2.75) is 0 Å². The monoisotopic (exact) mass is 254 g/mol. The Morgan fingerprint density at radius 2 is 2.11 bits per heavy atom. The molecule has 0 aromatic heterocycles. The number of esters is 1. The predicted octanol–water partition coefficient (Wildman–Crippen LogP) is 1.48. The summed E-state index contributed by atoms with van der Waals surface area (Å²) in [6.07, 6.45) is 2.09. The van der Waals surface area contributed by atoms with E-state index >= 15 is 0 Å². The van der Waals surface area contributed by atoms with Gasteiger partial charge in [-0.2, -0.15) is 0 Å². The third-order valence-electron chi connectivity index (χ3n) is 1.90. The van der Waals surface area contributed by atoms with E-state index < -0.39 is 17.8 Å². The number of aliphatic carboxylic acids is 1. The number of halogens is 1. The van der Waals surface area contributed by atoms with Gasteiger partial charge in [0.25, 0.3) is 0 Å². The van der Waals surface area contributed by atoms with Gasteiger partial charge in [-0.25, -0.2) is 14.0 Å². The van der Waals surface area contributed by atoms with Crippen molar-refractivity contribution in [2.75, 3.05) is 13.7 Å². The molecule has 0 unspecified atom stereocenters. The Bertz CT molecular complexity index is 481. The Hall–Kier alpha value is -2.37. The molecule has 6 heteroatoms. The summed E-state index contributed by atoms with van der Waals surface area (Å²) >= 11 is 0. The molecular formula is C12H11FO5. The molecule has 0 saturated heterocycles. The topological polar surface area (TPSA) is 72.8 Å². The summed E-state index contributed by atoms with van der Waals surface area (Å²) in [5, 5.41) is 8.45. The predicted molar refractivity (Wildman–Crippen MR) is 60.6 cm³/mol. The standard InChI is InChI=1S/C12H11FO5/c1-17-12(16)7-18-10-5-8(2-3-11(14)15)4-9(13)6-10/h2-6H,7H2,1H3,(H,14,15)/b3-2+. The van der Waals surface area contributed by atoms with E-state index in [0.29, 0.717) is 5.56 Å². The SMILES string of the molecule is COC(=O)COc1cc(F)cc(/C=C/C(=O)O)c1. The van der Waals surface area contributed by atoms with Crippen LogP contribution in [0.5, 0.6) is 5.75 Å². The van der Waals surface area contributed by atoms with Gasteiger partial charge in [-0.1, -0.05) is 0 Å². The lowest BCUT2D eigenvalue weighted by Crippen LogP contribution is -2.12. The first-order valence-corrected chi connectivity index (χ1v) is 4.92. The van der Waals surface area contributed by atoms with E-state index in [4.69, 9.17) is 9.84 Å². The van der Waals surface area contributed by atoms with Crippen molar-refractivity contribution < 1.29 is 28.6 Å². The van der Waals surface area contributed by atoms with Crippen LogP contribution in [-0.2, 0) is 14.3 Å². The highest BCUT2D eigenvalue weighted by Crippen LogP contribution is 2.17. The molecule has 1 N–H and O–H groups in total. The largest absolute Gasteiger partial charge is 0.482 e. The lowest BCUT2D eigenvalue weighted by atomic mass is 10.2. The van der Waals surface area contributed by atoms with Gasteiger partial charge in [0.15, 0.2) is 6.61 Å². The number of carboxylic acids is 1. The molecule has 1 aromatic rings. The van der Waals surface area contributed by atoms with Gasteiger partial charge >= 0.3 is 11.9 Å². The smallest absolute Gasteiger partial charge is 0.343 e. The minimum absolute atomic E-state index is 0.116. The maximum atomic E-state index is 13.2. The van der Waals surface area contributed by atoms with Crippen molar-refractivity contribution in [3.05, 3.63) is 35.7 Å². The van der Waals surface area contributed by atoms with Crippen molar-refractivity contribution in [1.29, 1.82) is 0 Å². The summed E-state index contributed by atoms with van der Waals surface area (Å²) in [7, 11) is 1.21. The highest BCUT2D eigenvalue weighted by atomic mass is 19.1. The van der Waals surface area contributed by atoms with Crippen molar-refractivity contribution in [3.8, 4) is 5.75 Å². The first-order chi connectivity index (χ1) is 8.51. The Kier molecular flexibility index (Phi) is 4.86. The maximum Gasteiger partial charge on any atom is 0.343 e. The molecule has 1 rings (SSSR count). The van der Waals surface area contributed by atoms with E-state index in [1.54, 1.807) is 0 Å². The first kappa shape index (κ1) is 13.7. The first-order valence-electron chi connectivity index (χ1n) is 4.92. The van der Waals surface area contributed by atoms with Crippen LogP contribution in [0.15, 0.2) is 24.3 Å². The van der Waals surface area contributed by atoms with Gasteiger partial charge in [0.05, 0.1) is 7.11 Å². The third-order valence-corrected chi connectivity index (χ3v) is 1.90. The van der Waals surface area contributed by atoms with Crippen molar-refractivity contribution in [1.82, 2.24) is 0 Å². The van der Waals surface area contributed by atoms with Gasteiger partial charge in [-0.05, 0) is 23.8 Å². The van der Waals surface area contributed by atoms with E-state index in [1.807, 2.05) is 0 Å². The lowest BCUT2D eigenvalue weighted by Gasteiger charge is -2.05. The Labute approximate surface area is 102 Å². The molecule has 0 amide bonds. The van der Waals surface area contributed by atoms with Crippen LogP contribution < -0.4 is 4.74 Å². The van der Waals surface area contributed by atoms with Gasteiger partial charge < -0.3 is 14.6 Å². The van der Waals surface area contributed by atoms with Crippen LogP contribution in [-0.4, -0.2) is 30.8 Å². The Morgan fingerprint density at radius 1 is 1.39 bits per heavy atom. The van der Waals surface area contributed by atoms with Crippen LogP contribution in [0.25, 0.3) is 6.08 Å². The highest BCUT2D eigenvalue weighted by Gasteiger charge is 2.04. The van der Waals surface area contributed by atoms with E-state index in [2.05, 4.69) is 4.74 Å². The molecule has 5 nitrogen and oxygen atoms in total. The molecule has 0 aliphatic rings. The summed E-state index contributed by atoms with van der Waals surface area (Å²) < 4.78 is 22.5.